The first-order valence-electron chi connectivity index (χ1n) is 20.6. The minimum Gasteiger partial charge on any atom is -0.403 e. The number of likely N-dealkylation sites (tertiary alicyclic amines) is 1. The molecular formula is C39H57BIN7O7. The highest BCUT2D eigenvalue weighted by Crippen LogP contribution is 2.55. The Hall–Kier alpha value is -1.93. The van der Waals surface area contributed by atoms with E-state index in [0.717, 1.165) is 90.3 Å². The number of aromatic nitrogens is 5. The van der Waals surface area contributed by atoms with Crippen molar-refractivity contribution in [3.63, 3.8) is 0 Å². The molecule has 1 unspecified atom stereocenters. The molecule has 5 atom stereocenters. The van der Waals surface area contributed by atoms with E-state index < -0.39 is 28.2 Å². The van der Waals surface area contributed by atoms with Gasteiger partial charge in [0.05, 0.1) is 48.1 Å². The minimum absolute atomic E-state index is 0.0689. The van der Waals surface area contributed by atoms with Crippen LogP contribution in [0.4, 0.5) is 5.82 Å². The summed E-state index contributed by atoms with van der Waals surface area (Å²) in [6, 6.07) is 0.471. The van der Waals surface area contributed by atoms with E-state index in [9.17, 15) is 5.11 Å². The Labute approximate surface area is 337 Å². The molecule has 1 N–H and O–H groups in total. The largest absolute Gasteiger partial charge is 0.457 e. The van der Waals surface area contributed by atoms with Gasteiger partial charge >= 0.3 is 7.12 Å². The van der Waals surface area contributed by atoms with Crippen molar-refractivity contribution in [2.24, 2.45) is 0 Å². The molecule has 1 aliphatic carbocycles. The molecule has 2 spiro atoms. The van der Waals surface area contributed by atoms with Gasteiger partial charge in [0.1, 0.15) is 9.52 Å². The average Bonchev–Trinajstić information content (AvgIpc) is 3.97. The number of β-amino-alcohol motifs (C(OH)–C–C–N with tert-alkyl or cyclic N) is 1. The van der Waals surface area contributed by atoms with Gasteiger partial charge in [0.15, 0.2) is 28.5 Å². The second kappa shape index (κ2) is 13.8. The Morgan fingerprint density at radius 3 is 2.42 bits per heavy atom. The average molecular weight is 874 g/mol. The second-order valence-electron chi connectivity index (χ2n) is 18.2. The number of rotatable bonds is 7. The van der Waals surface area contributed by atoms with Crippen molar-refractivity contribution < 1.29 is 33.1 Å². The topological polar surface area (TPSA) is 142 Å². The van der Waals surface area contributed by atoms with E-state index in [1.165, 1.54) is 0 Å². The lowest BCUT2D eigenvalue weighted by Gasteiger charge is -2.49. The lowest BCUT2D eigenvalue weighted by molar-refractivity contribution is -0.317. The number of ether oxygens (including phenoxy) is 3. The number of hydrogen-bond donors (Lipinski definition) is 1. The van der Waals surface area contributed by atoms with Crippen LogP contribution in [0.15, 0.2) is 4.52 Å². The highest BCUT2D eigenvalue weighted by atomic mass is 127. The van der Waals surface area contributed by atoms with E-state index >= 15 is 0 Å². The van der Waals surface area contributed by atoms with Gasteiger partial charge in [0, 0.05) is 37.0 Å². The molecule has 1 saturated carbocycles. The highest BCUT2D eigenvalue weighted by Gasteiger charge is 2.63. The summed E-state index contributed by atoms with van der Waals surface area (Å²) < 4.78 is 41.6. The summed E-state index contributed by atoms with van der Waals surface area (Å²) in [4.78, 5) is 15.5. The Morgan fingerprint density at radius 1 is 0.945 bits per heavy atom. The third kappa shape index (κ3) is 6.29. The van der Waals surface area contributed by atoms with Gasteiger partial charge in [-0.15, -0.1) is 0 Å². The molecule has 0 bridgehead atoms. The molecule has 5 aliphatic heterocycles. The number of likely N-dealkylation sites (N-methyl/N-ethyl adjacent to an activating group) is 1. The first kappa shape index (κ1) is 38.6. The number of fused-ring (bicyclic) bond motifs is 4. The van der Waals surface area contributed by atoms with Crippen LogP contribution >= 0.6 is 22.6 Å². The molecule has 0 radical (unpaired) electrons. The van der Waals surface area contributed by atoms with Gasteiger partial charge in [0.2, 0.25) is 5.79 Å². The molecule has 3 aromatic heterocycles. The van der Waals surface area contributed by atoms with E-state index in [2.05, 4.69) is 78.7 Å². The van der Waals surface area contributed by atoms with Gasteiger partial charge < -0.3 is 42.9 Å². The summed E-state index contributed by atoms with van der Waals surface area (Å²) in [5.74, 6) is 1.03. The summed E-state index contributed by atoms with van der Waals surface area (Å²) >= 11 is 2.35. The van der Waals surface area contributed by atoms with Crippen LogP contribution in [0, 0.1) is 3.70 Å². The van der Waals surface area contributed by atoms with Crippen LogP contribution in [0.1, 0.15) is 117 Å². The molecule has 0 aromatic carbocycles. The van der Waals surface area contributed by atoms with E-state index in [-0.39, 0.29) is 19.2 Å². The van der Waals surface area contributed by atoms with Crippen molar-refractivity contribution in [1.82, 2.24) is 29.8 Å². The molecule has 5 fully saturated rings. The summed E-state index contributed by atoms with van der Waals surface area (Å²) in [5.41, 5.74) is -0.256. The van der Waals surface area contributed by atoms with Gasteiger partial charge in [-0.1, -0.05) is 5.16 Å². The zero-order valence-corrected chi connectivity index (χ0v) is 35.7. The molecule has 14 nitrogen and oxygen atoms in total. The molecule has 0 amide bonds. The molecule has 55 heavy (non-hydrogen) atoms. The Morgan fingerprint density at radius 2 is 1.69 bits per heavy atom. The second-order valence-corrected chi connectivity index (χ2v) is 19.3. The van der Waals surface area contributed by atoms with E-state index in [4.69, 9.17) is 48.3 Å². The summed E-state index contributed by atoms with van der Waals surface area (Å²) in [5, 5.41) is 22.5. The first-order chi connectivity index (χ1) is 26.1. The quantitative estimate of drug-likeness (QED) is 0.219. The smallest absolute Gasteiger partial charge is 0.403 e. The number of piperidine rings is 1. The van der Waals surface area contributed by atoms with Crippen LogP contribution in [-0.2, 0) is 35.5 Å². The van der Waals surface area contributed by atoms with E-state index in [1.807, 2.05) is 6.92 Å². The minimum atomic E-state index is -0.910. The molecule has 6 aliphatic rings. The predicted molar refractivity (Wildman–Crippen MR) is 215 cm³/mol. The fourth-order valence-corrected chi connectivity index (χ4v) is 11.0. The first-order valence-corrected chi connectivity index (χ1v) is 21.6. The van der Waals surface area contributed by atoms with Gasteiger partial charge in [0.25, 0.3) is 0 Å². The van der Waals surface area contributed by atoms with Crippen molar-refractivity contribution in [1.29, 1.82) is 0 Å². The normalized spacial score (nSPS) is 32.3. The van der Waals surface area contributed by atoms with Crippen LogP contribution in [0.25, 0.3) is 22.6 Å². The number of anilines is 1. The summed E-state index contributed by atoms with van der Waals surface area (Å²) in [6.07, 6.45) is 9.32. The SMILES string of the molecule is C[C@@H]([C@@H]1CCCN1C)n1nc(I)c2c(N3C[C@](C)(O)CC[C@@H]3CCB3OC(C)(C)C(C)(C)O3)nc(-c3noc4c3CCOC43CCCCC34OCCO4)nc21. The van der Waals surface area contributed by atoms with Gasteiger partial charge in [-0.2, -0.15) is 5.10 Å². The third-order valence-corrected chi connectivity index (χ3v) is 14.8. The number of hydrogen-bond acceptors (Lipinski definition) is 13. The molecule has 9 rings (SSSR count). The molecule has 300 valence electrons. The van der Waals surface area contributed by atoms with Crippen molar-refractivity contribution >= 4 is 46.6 Å². The van der Waals surface area contributed by atoms with Crippen LogP contribution < -0.4 is 4.90 Å². The van der Waals surface area contributed by atoms with Gasteiger partial charge in [-0.3, -0.25) is 0 Å². The van der Waals surface area contributed by atoms with Gasteiger partial charge in [-0.05, 0) is 135 Å². The monoisotopic (exact) mass is 873 g/mol. The number of nitrogens with zero attached hydrogens (tertiary/aromatic N) is 7. The van der Waals surface area contributed by atoms with Crippen LogP contribution in [0.5, 0.6) is 0 Å². The zero-order chi connectivity index (χ0) is 38.5. The number of aliphatic hydroxyl groups is 1. The standard InChI is InChI=1S/C39H57BIN7O7/c1-24(27-11-10-19-46(27)7)48-34-28(31(41)44-48)33(47-23-37(6,49)17-12-25(47)13-18-40-54-35(2,3)36(4,5)55-40)42-32(43-34)29-26-14-20-50-38(30(26)53-45-29)15-8-9-16-39(38)51-21-22-52-39/h24-25,27,49H,8-23H2,1-7H3/t24-,25+,27-,37+,38?/m0/s1. The van der Waals surface area contributed by atoms with Crippen molar-refractivity contribution in [2.75, 3.05) is 44.9 Å². The van der Waals surface area contributed by atoms with Crippen molar-refractivity contribution in [3.8, 4) is 11.5 Å². The molecular weight excluding hydrogens is 816 g/mol. The van der Waals surface area contributed by atoms with Crippen LogP contribution in [-0.4, -0.2) is 117 Å². The fourth-order valence-electron chi connectivity index (χ4n) is 10.3. The van der Waals surface area contributed by atoms with E-state index in [0.29, 0.717) is 62.5 Å². The third-order valence-electron chi connectivity index (χ3n) is 14.0. The zero-order valence-electron chi connectivity index (χ0n) is 33.5. The molecule has 4 saturated heterocycles. The predicted octanol–water partition coefficient (Wildman–Crippen LogP) is 6.03. The van der Waals surface area contributed by atoms with Crippen molar-refractivity contribution in [2.45, 2.75) is 158 Å². The lowest BCUT2D eigenvalue weighted by Crippen LogP contribution is -2.58. The summed E-state index contributed by atoms with van der Waals surface area (Å²) in [6.45, 7) is 15.6. The highest BCUT2D eigenvalue weighted by molar-refractivity contribution is 14.1. The molecule has 16 heteroatoms. The Balaban J connectivity index is 1.16. The molecule has 3 aromatic rings. The maximum Gasteiger partial charge on any atom is 0.457 e. The maximum absolute atomic E-state index is 11.7. The van der Waals surface area contributed by atoms with Crippen LogP contribution in [0.3, 0.4) is 0 Å². The van der Waals surface area contributed by atoms with Crippen LogP contribution in [0.2, 0.25) is 6.32 Å². The lowest BCUT2D eigenvalue weighted by atomic mass is 9.74. The maximum atomic E-state index is 11.7. The Bertz CT molecular complexity index is 1910. The Kier molecular flexibility index (Phi) is 9.71. The van der Waals surface area contributed by atoms with Crippen molar-refractivity contribution in [3.05, 3.63) is 15.0 Å². The summed E-state index contributed by atoms with van der Waals surface area (Å²) in [7, 11) is 1.89. The fraction of sp³-hybridized carbons (Fsp3) is 0.795. The van der Waals surface area contributed by atoms with Gasteiger partial charge in [-0.25, -0.2) is 14.6 Å². The molecule has 8 heterocycles. The number of halogens is 1. The van der Waals surface area contributed by atoms with E-state index in [1.54, 1.807) is 0 Å².